The number of carbonyl (C=O) groups excluding carboxylic acids is 3. The molecule has 1 aliphatic carbocycles. The number of Topliss-reactive ketones (excluding diaryl/α,β-unsaturated/α-hetero) is 3. The molecule has 0 bridgehead atoms. The Kier molecular flexibility index (Phi) is 11.0. The zero-order chi connectivity index (χ0) is 20.2. The zero-order valence-corrected chi connectivity index (χ0v) is 19.8. The van der Waals surface area contributed by atoms with Gasteiger partial charge in [0.1, 0.15) is 5.78 Å². The van der Waals surface area contributed by atoms with Crippen LogP contribution in [0.5, 0.6) is 0 Å². The summed E-state index contributed by atoms with van der Waals surface area (Å²) in [6.07, 6.45) is 1.19. The number of hydrogen-bond acceptors (Lipinski definition) is 5. The van der Waals surface area contributed by atoms with Gasteiger partial charge in [-0.3, -0.25) is 9.59 Å². The first-order valence-electron chi connectivity index (χ1n) is 9.65. The van der Waals surface area contributed by atoms with Crippen molar-refractivity contribution in [1.82, 2.24) is 0 Å². The monoisotopic (exact) mass is 404 g/mol. The minimum atomic E-state index is -2.62. The van der Waals surface area contributed by atoms with Crippen LogP contribution in [0.3, 0.4) is 0 Å². The molecule has 0 N–H and O–H groups in total. The summed E-state index contributed by atoms with van der Waals surface area (Å²) in [5, 5.41) is 26.2. The summed E-state index contributed by atoms with van der Waals surface area (Å²) in [6.45, 7) is 11.3. The van der Waals surface area contributed by atoms with E-state index >= 15 is 0 Å². The summed E-state index contributed by atoms with van der Waals surface area (Å²) in [5.74, 6) is -4.00. The third kappa shape index (κ3) is 6.38. The molecule has 27 heavy (non-hydrogen) atoms. The molecule has 0 aromatic heterocycles. The van der Waals surface area contributed by atoms with E-state index in [0.717, 1.165) is 0 Å². The first kappa shape index (κ1) is 26.8. The van der Waals surface area contributed by atoms with E-state index in [2.05, 4.69) is 0 Å². The van der Waals surface area contributed by atoms with Gasteiger partial charge in [0.15, 0.2) is 11.6 Å². The molecule has 0 saturated heterocycles. The number of carbonyl (C=O) groups is 3. The van der Waals surface area contributed by atoms with Gasteiger partial charge in [-0.25, -0.2) is 0 Å². The minimum Gasteiger partial charge on any atom is -0.875 e. The standard InChI is InChI=1S/C21H33O5.Ca/c1-12(2)7-9-15-19(24)18(16(22)11-14(5)6)20(25)21(15,26)17(23)10-8-13(3)4;/h12-15,25H,7-11H2,1-6H3;/q-1;+2/p-1/t15-,21+;/m0./s1. The molecule has 0 spiro atoms. The van der Waals surface area contributed by atoms with E-state index in [1.807, 2.05) is 27.7 Å². The van der Waals surface area contributed by atoms with Gasteiger partial charge in [0.2, 0.25) is 0 Å². The van der Waals surface area contributed by atoms with E-state index in [9.17, 15) is 24.6 Å². The quantitative estimate of drug-likeness (QED) is 0.407. The van der Waals surface area contributed by atoms with Gasteiger partial charge in [0, 0.05) is 24.3 Å². The third-order valence-corrected chi connectivity index (χ3v) is 4.89. The zero-order valence-electron chi connectivity index (χ0n) is 17.6. The van der Waals surface area contributed by atoms with Crippen LogP contribution >= 0.6 is 0 Å². The van der Waals surface area contributed by atoms with Crippen LogP contribution in [0.2, 0.25) is 0 Å². The van der Waals surface area contributed by atoms with Crippen LogP contribution in [0.4, 0.5) is 0 Å². The van der Waals surface area contributed by atoms with E-state index in [1.54, 1.807) is 13.8 Å². The fourth-order valence-corrected chi connectivity index (χ4v) is 3.31. The molecule has 0 aromatic rings. The maximum Gasteiger partial charge on any atom is 2.00 e. The molecule has 0 heterocycles. The average molecular weight is 405 g/mol. The van der Waals surface area contributed by atoms with Gasteiger partial charge in [-0.1, -0.05) is 48.0 Å². The molecule has 1 aliphatic rings. The van der Waals surface area contributed by atoms with Crippen molar-refractivity contribution in [2.45, 2.75) is 79.2 Å². The topological polar surface area (TPSA) is 97.3 Å². The van der Waals surface area contributed by atoms with Crippen LogP contribution in [0, 0.1) is 23.7 Å². The first-order valence-corrected chi connectivity index (χ1v) is 9.65. The SMILES string of the molecule is CC(C)CCC(=O)[C@@]1([O-])C([O-])=C(C(=O)CC(C)C)C(=O)[C@@H]1CCC(C)C.[Ca+2]. The van der Waals surface area contributed by atoms with Gasteiger partial charge in [-0.05, 0) is 36.2 Å². The predicted octanol–water partition coefficient (Wildman–Crippen LogP) is 1.57. The molecule has 0 aromatic carbocycles. The van der Waals surface area contributed by atoms with Crippen LogP contribution < -0.4 is 10.2 Å². The second-order valence-electron chi connectivity index (χ2n) is 8.70. The largest absolute Gasteiger partial charge is 2.00 e. The molecule has 0 radical (unpaired) electrons. The first-order chi connectivity index (χ1) is 11.9. The number of hydrogen-bond donors (Lipinski definition) is 0. The van der Waals surface area contributed by atoms with Crippen molar-refractivity contribution in [2.24, 2.45) is 23.7 Å². The fourth-order valence-electron chi connectivity index (χ4n) is 3.31. The van der Waals surface area contributed by atoms with Crippen LogP contribution in [0.25, 0.3) is 0 Å². The van der Waals surface area contributed by atoms with Crippen molar-refractivity contribution in [2.75, 3.05) is 0 Å². The Hall–Kier alpha value is -0.230. The third-order valence-electron chi connectivity index (χ3n) is 4.89. The summed E-state index contributed by atoms with van der Waals surface area (Å²) in [4.78, 5) is 37.8. The van der Waals surface area contributed by atoms with Crippen molar-refractivity contribution in [3.05, 3.63) is 11.3 Å². The maximum absolute atomic E-state index is 13.4. The molecule has 5 nitrogen and oxygen atoms in total. The van der Waals surface area contributed by atoms with Gasteiger partial charge < -0.3 is 15.0 Å². The Morgan fingerprint density at radius 2 is 1.52 bits per heavy atom. The maximum atomic E-state index is 13.4. The Morgan fingerprint density at radius 3 is 1.96 bits per heavy atom. The molecule has 0 aliphatic heterocycles. The van der Waals surface area contributed by atoms with Crippen molar-refractivity contribution >= 4 is 55.1 Å². The van der Waals surface area contributed by atoms with Crippen molar-refractivity contribution in [3.63, 3.8) is 0 Å². The molecule has 0 fully saturated rings. The Labute approximate surface area is 193 Å². The smallest absolute Gasteiger partial charge is 0.875 e. The number of ketones is 3. The fraction of sp³-hybridized carbons (Fsp3) is 0.762. The second-order valence-corrected chi connectivity index (χ2v) is 8.70. The van der Waals surface area contributed by atoms with Crippen LogP contribution in [0.15, 0.2) is 11.3 Å². The van der Waals surface area contributed by atoms with Gasteiger partial charge in [-0.15, -0.1) is 5.76 Å². The van der Waals surface area contributed by atoms with Gasteiger partial charge in [-0.2, -0.15) is 0 Å². The van der Waals surface area contributed by atoms with Crippen LogP contribution in [-0.2, 0) is 14.4 Å². The molecule has 148 valence electrons. The average Bonchev–Trinajstić information content (AvgIpc) is 2.69. The van der Waals surface area contributed by atoms with Gasteiger partial charge in [0.25, 0.3) is 0 Å². The van der Waals surface area contributed by atoms with Crippen LogP contribution in [0.1, 0.15) is 73.6 Å². The number of rotatable bonds is 10. The summed E-state index contributed by atoms with van der Waals surface area (Å²) in [5.41, 5.74) is -3.16. The molecule has 1 rings (SSSR count). The Bertz CT molecular complexity index is 591. The summed E-state index contributed by atoms with van der Waals surface area (Å²) >= 11 is 0. The normalized spacial score (nSPS) is 22.7. The van der Waals surface area contributed by atoms with Gasteiger partial charge in [0.05, 0.1) is 0 Å². The molecule has 0 saturated carbocycles. The van der Waals surface area contributed by atoms with Crippen molar-refractivity contribution in [3.8, 4) is 0 Å². The second kappa shape index (κ2) is 11.1. The predicted molar refractivity (Wildman–Crippen MR) is 102 cm³/mol. The minimum absolute atomic E-state index is 0. The molecule has 0 unspecified atom stereocenters. The summed E-state index contributed by atoms with van der Waals surface area (Å²) < 4.78 is 0. The number of allylic oxidation sites excluding steroid dienone is 1. The van der Waals surface area contributed by atoms with Crippen molar-refractivity contribution < 1.29 is 24.6 Å². The molecular weight excluding hydrogens is 372 g/mol. The van der Waals surface area contributed by atoms with E-state index in [0.29, 0.717) is 12.8 Å². The van der Waals surface area contributed by atoms with E-state index in [-0.39, 0.29) is 74.8 Å². The molecule has 0 amide bonds. The molecule has 6 heteroatoms. The Morgan fingerprint density at radius 1 is 1.00 bits per heavy atom. The molecule has 2 atom stereocenters. The summed E-state index contributed by atoms with van der Waals surface area (Å²) in [7, 11) is 0. The van der Waals surface area contributed by atoms with E-state index < -0.39 is 40.2 Å². The summed E-state index contributed by atoms with van der Waals surface area (Å²) in [6, 6.07) is 0. The molecular formula is C21H32CaO5. The van der Waals surface area contributed by atoms with E-state index in [1.165, 1.54) is 0 Å². The van der Waals surface area contributed by atoms with Crippen LogP contribution in [-0.4, -0.2) is 60.7 Å². The van der Waals surface area contributed by atoms with E-state index in [4.69, 9.17) is 0 Å². The Balaban J connectivity index is 0.00000676. The van der Waals surface area contributed by atoms with Gasteiger partial charge >= 0.3 is 37.7 Å². The van der Waals surface area contributed by atoms with Crippen molar-refractivity contribution in [1.29, 1.82) is 0 Å².